The van der Waals surface area contributed by atoms with Crippen molar-refractivity contribution in [2.45, 2.75) is 35.1 Å². The predicted molar refractivity (Wildman–Crippen MR) is 80.9 cm³/mol. The first-order valence-electron chi connectivity index (χ1n) is 6.01. The Morgan fingerprint density at radius 3 is 1.00 bits per heavy atom. The zero-order chi connectivity index (χ0) is 13.4. The molecule has 0 fully saturated rings. The molecule has 0 spiro atoms. The second-order valence-electron chi connectivity index (χ2n) is 4.92. The Labute approximate surface area is 115 Å². The molecule has 0 aliphatic carbocycles. The number of phenols is 2. The fourth-order valence-electron chi connectivity index (χ4n) is 2.25. The maximum Gasteiger partial charge on any atom is 0.121 e. The van der Waals surface area contributed by atoms with Crippen molar-refractivity contribution in [2.24, 2.45) is 0 Å². The number of rotatable bonds is 1. The summed E-state index contributed by atoms with van der Waals surface area (Å²) in [7, 11) is 0. The quantitative estimate of drug-likeness (QED) is 0.782. The second kappa shape index (κ2) is 5.35. The van der Waals surface area contributed by atoms with Crippen LogP contribution in [0.4, 0.5) is 0 Å². The van der Waals surface area contributed by atoms with Gasteiger partial charge in [0.1, 0.15) is 11.5 Å². The van der Waals surface area contributed by atoms with Gasteiger partial charge in [0, 0.05) is 0 Å². The van der Waals surface area contributed by atoms with Gasteiger partial charge in [0.05, 0.1) is 0 Å². The van der Waals surface area contributed by atoms with E-state index in [1.54, 1.807) is 0 Å². The lowest BCUT2D eigenvalue weighted by Crippen LogP contribution is -1.88. The van der Waals surface area contributed by atoms with Crippen LogP contribution >= 0.6 is 0 Å². The first-order chi connectivity index (χ1) is 8.40. The number of aryl methyl sites for hydroxylation is 4. The van der Waals surface area contributed by atoms with E-state index >= 15 is 0 Å². The van der Waals surface area contributed by atoms with Crippen LogP contribution in [0.5, 0.6) is 11.5 Å². The van der Waals surface area contributed by atoms with Crippen molar-refractivity contribution in [1.82, 2.24) is 0 Å². The maximum absolute atomic E-state index is 9.79. The molecule has 2 aromatic carbocycles. The third kappa shape index (κ3) is 2.73. The topological polar surface area (TPSA) is 40.5 Å². The molecular weight excluding hydrogens is 236 g/mol. The molecule has 0 aliphatic heterocycles. The summed E-state index contributed by atoms with van der Waals surface area (Å²) in [5.41, 5.74) is 5.60. The van der Waals surface area contributed by atoms with E-state index in [9.17, 15) is 10.2 Å². The smallest absolute Gasteiger partial charge is 0.121 e. The molecule has 19 heavy (non-hydrogen) atoms. The highest BCUT2D eigenvalue weighted by Gasteiger charge is 2.08. The standard InChI is InChI=1S/C16H18O2.CH4/c1-9-5-13(6-10(2)15(9)17)14-7-11(3)16(18)12(4)8-14;/h5-8,17-18H,1-4H3;1H4. The molecular formula is C17H22O2. The number of hydrogen-bond donors (Lipinski definition) is 2. The fourth-order valence-corrected chi connectivity index (χ4v) is 2.25. The van der Waals surface area contributed by atoms with Gasteiger partial charge in [-0.15, -0.1) is 0 Å². The van der Waals surface area contributed by atoms with Gasteiger partial charge in [0.15, 0.2) is 0 Å². The van der Waals surface area contributed by atoms with Crippen LogP contribution in [0.2, 0.25) is 0 Å². The molecule has 0 heterocycles. The Kier molecular flexibility index (Phi) is 4.25. The van der Waals surface area contributed by atoms with E-state index in [4.69, 9.17) is 0 Å². The van der Waals surface area contributed by atoms with E-state index in [1.165, 1.54) is 0 Å². The van der Waals surface area contributed by atoms with Crippen LogP contribution in [-0.4, -0.2) is 10.2 Å². The molecule has 0 saturated carbocycles. The van der Waals surface area contributed by atoms with E-state index in [0.29, 0.717) is 11.5 Å². The first-order valence-corrected chi connectivity index (χ1v) is 6.01. The number of aromatic hydroxyl groups is 2. The van der Waals surface area contributed by atoms with Gasteiger partial charge >= 0.3 is 0 Å². The van der Waals surface area contributed by atoms with Crippen molar-refractivity contribution in [3.63, 3.8) is 0 Å². The average molecular weight is 258 g/mol. The summed E-state index contributed by atoms with van der Waals surface area (Å²) in [5, 5.41) is 19.6. The Morgan fingerprint density at radius 1 is 0.579 bits per heavy atom. The van der Waals surface area contributed by atoms with Crippen molar-refractivity contribution in [2.75, 3.05) is 0 Å². The van der Waals surface area contributed by atoms with Crippen molar-refractivity contribution >= 4 is 0 Å². The molecule has 0 amide bonds. The van der Waals surface area contributed by atoms with Crippen molar-refractivity contribution in [3.05, 3.63) is 46.5 Å². The molecule has 0 aliphatic rings. The molecule has 2 heteroatoms. The molecule has 0 bridgehead atoms. The molecule has 2 N–H and O–H groups in total. The van der Waals surface area contributed by atoms with Gasteiger partial charge in [0.25, 0.3) is 0 Å². The molecule has 2 rings (SSSR count). The lowest BCUT2D eigenvalue weighted by atomic mass is 9.96. The van der Waals surface area contributed by atoms with Crippen LogP contribution in [0.1, 0.15) is 29.7 Å². The Balaban J connectivity index is 0.00000180. The highest BCUT2D eigenvalue weighted by atomic mass is 16.3. The van der Waals surface area contributed by atoms with E-state index in [0.717, 1.165) is 33.4 Å². The summed E-state index contributed by atoms with van der Waals surface area (Å²) in [6.07, 6.45) is 0. The van der Waals surface area contributed by atoms with Crippen LogP contribution < -0.4 is 0 Å². The summed E-state index contributed by atoms with van der Waals surface area (Å²) in [4.78, 5) is 0. The van der Waals surface area contributed by atoms with Gasteiger partial charge in [-0.3, -0.25) is 0 Å². The average Bonchev–Trinajstić information content (AvgIpc) is 2.31. The summed E-state index contributed by atoms with van der Waals surface area (Å²) in [6.45, 7) is 7.58. The van der Waals surface area contributed by atoms with Crippen LogP contribution in [-0.2, 0) is 0 Å². The second-order valence-corrected chi connectivity index (χ2v) is 4.92. The minimum atomic E-state index is 0. The van der Waals surface area contributed by atoms with Gasteiger partial charge in [-0.25, -0.2) is 0 Å². The monoisotopic (exact) mass is 258 g/mol. The third-order valence-electron chi connectivity index (χ3n) is 3.32. The summed E-state index contributed by atoms with van der Waals surface area (Å²) in [6, 6.07) is 7.86. The van der Waals surface area contributed by atoms with Crippen molar-refractivity contribution in [1.29, 1.82) is 0 Å². The SMILES string of the molecule is C.Cc1cc(-c2cc(C)c(O)c(C)c2)cc(C)c1O. The largest absolute Gasteiger partial charge is 0.507 e. The fraction of sp³-hybridized carbons (Fsp3) is 0.294. The summed E-state index contributed by atoms with van der Waals surface area (Å²) >= 11 is 0. The van der Waals surface area contributed by atoms with Gasteiger partial charge in [-0.1, -0.05) is 7.43 Å². The lowest BCUT2D eigenvalue weighted by Gasteiger charge is -2.11. The zero-order valence-electron chi connectivity index (χ0n) is 11.2. The lowest BCUT2D eigenvalue weighted by molar-refractivity contribution is 0.466. The van der Waals surface area contributed by atoms with Crippen LogP contribution in [0.15, 0.2) is 24.3 Å². The molecule has 0 atom stereocenters. The molecule has 0 radical (unpaired) electrons. The van der Waals surface area contributed by atoms with E-state index in [-0.39, 0.29) is 7.43 Å². The zero-order valence-corrected chi connectivity index (χ0v) is 11.2. The molecule has 0 saturated heterocycles. The Morgan fingerprint density at radius 2 is 0.789 bits per heavy atom. The van der Waals surface area contributed by atoms with Crippen LogP contribution in [0, 0.1) is 27.7 Å². The summed E-state index contributed by atoms with van der Waals surface area (Å²) in [5.74, 6) is 0.706. The highest BCUT2D eigenvalue weighted by Crippen LogP contribution is 2.32. The van der Waals surface area contributed by atoms with Gasteiger partial charge in [0.2, 0.25) is 0 Å². The van der Waals surface area contributed by atoms with E-state index in [1.807, 2.05) is 52.0 Å². The first kappa shape index (κ1) is 15.1. The van der Waals surface area contributed by atoms with Crippen molar-refractivity contribution < 1.29 is 10.2 Å². The maximum atomic E-state index is 9.79. The van der Waals surface area contributed by atoms with Crippen molar-refractivity contribution in [3.8, 4) is 22.6 Å². The number of benzene rings is 2. The molecule has 0 aromatic heterocycles. The minimum Gasteiger partial charge on any atom is -0.507 e. The number of phenolic OH excluding ortho intramolecular Hbond substituents is 2. The molecule has 0 unspecified atom stereocenters. The highest BCUT2D eigenvalue weighted by molar-refractivity contribution is 5.70. The van der Waals surface area contributed by atoms with Crippen LogP contribution in [0.25, 0.3) is 11.1 Å². The van der Waals surface area contributed by atoms with Crippen LogP contribution in [0.3, 0.4) is 0 Å². The third-order valence-corrected chi connectivity index (χ3v) is 3.32. The van der Waals surface area contributed by atoms with Gasteiger partial charge in [-0.2, -0.15) is 0 Å². The normalized spacial score (nSPS) is 10.1. The molecule has 2 nitrogen and oxygen atoms in total. The number of hydrogen-bond acceptors (Lipinski definition) is 2. The molecule has 2 aromatic rings. The minimum absolute atomic E-state index is 0. The van der Waals surface area contributed by atoms with E-state index in [2.05, 4.69) is 0 Å². The van der Waals surface area contributed by atoms with Gasteiger partial charge in [-0.05, 0) is 85.3 Å². The Bertz CT molecular complexity index is 511. The predicted octanol–water partition coefficient (Wildman–Crippen LogP) is 4.63. The Hall–Kier alpha value is -1.96. The van der Waals surface area contributed by atoms with E-state index < -0.39 is 0 Å². The molecule has 102 valence electrons. The van der Waals surface area contributed by atoms with Gasteiger partial charge < -0.3 is 10.2 Å². The summed E-state index contributed by atoms with van der Waals surface area (Å²) < 4.78 is 0.